The Labute approximate surface area is 123 Å². The normalized spacial score (nSPS) is 19.6. The minimum Gasteiger partial charge on any atom is -0.396 e. The number of aryl methyl sites for hydroxylation is 1. The van der Waals surface area contributed by atoms with Crippen LogP contribution in [0.25, 0.3) is 10.2 Å². The molecular formula is C16H19N3S. The van der Waals surface area contributed by atoms with E-state index in [9.17, 15) is 0 Å². The molecule has 104 valence electrons. The first-order chi connectivity index (χ1) is 9.63. The Hall–Kier alpha value is -1.60. The Balaban J connectivity index is 2.04. The summed E-state index contributed by atoms with van der Waals surface area (Å²) in [5, 5.41) is 10.1. The highest BCUT2D eigenvalue weighted by Gasteiger charge is 2.25. The van der Waals surface area contributed by atoms with Crippen molar-refractivity contribution >= 4 is 27.2 Å². The number of thiophene rings is 1. The summed E-state index contributed by atoms with van der Waals surface area (Å²) in [4.78, 5) is 6.26. The van der Waals surface area contributed by atoms with Gasteiger partial charge in [-0.1, -0.05) is 20.3 Å². The Morgan fingerprint density at radius 1 is 1.60 bits per heavy atom. The summed E-state index contributed by atoms with van der Waals surface area (Å²) in [6.07, 6.45) is 4.62. The lowest BCUT2D eigenvalue weighted by atomic mass is 9.78. The predicted octanol–water partition coefficient (Wildman–Crippen LogP) is 3.90. The number of pyridine rings is 1. The fourth-order valence-electron chi connectivity index (χ4n) is 3.12. The molecule has 0 aliphatic heterocycles. The van der Waals surface area contributed by atoms with Crippen molar-refractivity contribution < 1.29 is 0 Å². The number of anilines is 1. The molecule has 0 amide bonds. The smallest absolute Gasteiger partial charge is 0.130 e. The van der Waals surface area contributed by atoms with Gasteiger partial charge in [0.25, 0.3) is 0 Å². The van der Waals surface area contributed by atoms with Gasteiger partial charge >= 0.3 is 0 Å². The first-order valence-electron chi connectivity index (χ1n) is 7.24. The Kier molecular flexibility index (Phi) is 3.39. The number of nitriles is 1. The van der Waals surface area contributed by atoms with Gasteiger partial charge in [0.05, 0.1) is 5.69 Å². The molecule has 1 aliphatic rings. The summed E-state index contributed by atoms with van der Waals surface area (Å²) in [6.45, 7) is 4.60. The Morgan fingerprint density at radius 2 is 2.40 bits per heavy atom. The maximum absolute atomic E-state index is 9.08. The van der Waals surface area contributed by atoms with Crippen LogP contribution in [0.1, 0.15) is 42.8 Å². The molecule has 0 aromatic carbocycles. The number of hydrogen-bond acceptors (Lipinski definition) is 4. The van der Waals surface area contributed by atoms with Gasteiger partial charge in [-0.05, 0) is 42.7 Å². The summed E-state index contributed by atoms with van der Waals surface area (Å²) in [6, 6.07) is 4.34. The average molecular weight is 285 g/mol. The lowest BCUT2D eigenvalue weighted by Crippen LogP contribution is -2.21. The third-order valence-corrected chi connectivity index (χ3v) is 5.69. The van der Waals surface area contributed by atoms with Gasteiger partial charge in [-0.25, -0.2) is 4.98 Å². The molecule has 0 saturated heterocycles. The van der Waals surface area contributed by atoms with E-state index in [-0.39, 0.29) is 0 Å². The van der Waals surface area contributed by atoms with Gasteiger partial charge in [0.2, 0.25) is 0 Å². The third kappa shape index (κ3) is 2.06. The number of nitrogen functional groups attached to an aromatic ring is 1. The van der Waals surface area contributed by atoms with Crippen LogP contribution in [0, 0.1) is 23.2 Å². The maximum Gasteiger partial charge on any atom is 0.130 e. The molecular weight excluding hydrogens is 266 g/mol. The van der Waals surface area contributed by atoms with E-state index in [4.69, 9.17) is 16.0 Å². The van der Waals surface area contributed by atoms with Crippen LogP contribution in [-0.4, -0.2) is 4.98 Å². The molecule has 2 N–H and O–H groups in total. The van der Waals surface area contributed by atoms with Gasteiger partial charge in [-0.2, -0.15) is 5.26 Å². The Bertz CT molecular complexity index is 696. The van der Waals surface area contributed by atoms with Crippen molar-refractivity contribution in [1.82, 2.24) is 4.98 Å². The van der Waals surface area contributed by atoms with E-state index in [0.717, 1.165) is 34.9 Å². The van der Waals surface area contributed by atoms with Gasteiger partial charge in [0.15, 0.2) is 0 Å². The summed E-state index contributed by atoms with van der Waals surface area (Å²) in [7, 11) is 0. The summed E-state index contributed by atoms with van der Waals surface area (Å²) >= 11 is 1.41. The monoisotopic (exact) mass is 285 g/mol. The van der Waals surface area contributed by atoms with E-state index in [1.165, 1.54) is 35.4 Å². The molecule has 2 unspecified atom stereocenters. The number of fused-ring (bicyclic) bond motifs is 2. The second-order valence-corrected chi connectivity index (χ2v) is 6.79. The van der Waals surface area contributed by atoms with Crippen molar-refractivity contribution in [2.24, 2.45) is 11.8 Å². The van der Waals surface area contributed by atoms with E-state index >= 15 is 0 Å². The molecule has 3 rings (SSSR count). The second kappa shape index (κ2) is 5.06. The Morgan fingerprint density at radius 3 is 3.10 bits per heavy atom. The topological polar surface area (TPSA) is 62.7 Å². The van der Waals surface area contributed by atoms with Crippen molar-refractivity contribution in [1.29, 1.82) is 5.26 Å². The second-order valence-electron chi connectivity index (χ2n) is 5.79. The highest BCUT2D eigenvalue weighted by atomic mass is 32.1. The molecule has 0 radical (unpaired) electrons. The fraction of sp³-hybridized carbons (Fsp3) is 0.500. The number of nitrogens with two attached hydrogens (primary N) is 1. The molecule has 4 heteroatoms. The third-order valence-electron chi connectivity index (χ3n) is 4.67. The minimum atomic E-state index is 0.591. The van der Waals surface area contributed by atoms with Crippen LogP contribution >= 0.6 is 11.3 Å². The first-order valence-corrected chi connectivity index (χ1v) is 8.06. The average Bonchev–Trinajstić information content (AvgIpc) is 2.79. The van der Waals surface area contributed by atoms with Gasteiger partial charge in [0.1, 0.15) is 15.8 Å². The summed E-state index contributed by atoms with van der Waals surface area (Å²) < 4.78 is 0. The van der Waals surface area contributed by atoms with E-state index in [1.807, 2.05) is 0 Å². The molecule has 0 saturated carbocycles. The van der Waals surface area contributed by atoms with Crippen molar-refractivity contribution in [3.8, 4) is 6.07 Å². The molecule has 0 bridgehead atoms. The van der Waals surface area contributed by atoms with E-state index in [2.05, 4.69) is 26.0 Å². The zero-order valence-corrected chi connectivity index (χ0v) is 12.8. The largest absolute Gasteiger partial charge is 0.396 e. The molecule has 20 heavy (non-hydrogen) atoms. The summed E-state index contributed by atoms with van der Waals surface area (Å²) in [5.74, 6) is 1.51. The molecule has 2 aromatic heterocycles. The zero-order chi connectivity index (χ0) is 14.3. The van der Waals surface area contributed by atoms with Gasteiger partial charge < -0.3 is 5.73 Å². The lowest BCUT2D eigenvalue weighted by molar-refractivity contribution is 0.311. The molecule has 2 aromatic rings. The van der Waals surface area contributed by atoms with Crippen molar-refractivity contribution in [3.05, 3.63) is 22.2 Å². The van der Waals surface area contributed by atoms with Crippen LogP contribution in [0.3, 0.4) is 0 Å². The van der Waals surface area contributed by atoms with Crippen LogP contribution < -0.4 is 5.73 Å². The van der Waals surface area contributed by atoms with Crippen molar-refractivity contribution in [3.63, 3.8) is 0 Å². The molecule has 2 atom stereocenters. The zero-order valence-electron chi connectivity index (χ0n) is 11.9. The van der Waals surface area contributed by atoms with Gasteiger partial charge in [0, 0.05) is 11.1 Å². The van der Waals surface area contributed by atoms with Crippen molar-refractivity contribution in [2.75, 3.05) is 5.73 Å². The quantitative estimate of drug-likeness (QED) is 0.910. The highest BCUT2D eigenvalue weighted by Crippen LogP contribution is 2.37. The standard InChI is InChI=1S/C16H19N3S/c1-3-9(2)10-4-5-13-11(6-10)7-12-15(18)14(8-17)20-16(12)19-13/h7,9-10H,3-6,18H2,1-2H3. The molecule has 0 spiro atoms. The minimum absolute atomic E-state index is 0.591. The van der Waals surface area contributed by atoms with Gasteiger partial charge in [-0.3, -0.25) is 0 Å². The number of hydrogen-bond donors (Lipinski definition) is 1. The van der Waals surface area contributed by atoms with E-state index < -0.39 is 0 Å². The number of rotatable bonds is 2. The first kappa shape index (κ1) is 13.4. The SMILES string of the molecule is CCC(C)C1CCc2nc3sc(C#N)c(N)c3cc2C1. The van der Waals surface area contributed by atoms with Crippen LogP contribution in [0.15, 0.2) is 6.07 Å². The van der Waals surface area contributed by atoms with Crippen molar-refractivity contribution in [2.45, 2.75) is 39.5 Å². The molecule has 1 aliphatic carbocycles. The van der Waals surface area contributed by atoms with E-state index in [0.29, 0.717) is 10.6 Å². The number of nitrogens with zero attached hydrogens (tertiary/aromatic N) is 2. The lowest BCUT2D eigenvalue weighted by Gasteiger charge is -2.28. The maximum atomic E-state index is 9.08. The fourth-order valence-corrected chi connectivity index (χ4v) is 4.01. The van der Waals surface area contributed by atoms with Crippen LogP contribution in [-0.2, 0) is 12.8 Å². The van der Waals surface area contributed by atoms with E-state index in [1.54, 1.807) is 0 Å². The number of aromatic nitrogens is 1. The van der Waals surface area contributed by atoms with Crippen LogP contribution in [0.4, 0.5) is 5.69 Å². The molecule has 2 heterocycles. The highest BCUT2D eigenvalue weighted by molar-refractivity contribution is 7.19. The molecule has 0 fully saturated rings. The van der Waals surface area contributed by atoms with Gasteiger partial charge in [-0.15, -0.1) is 11.3 Å². The predicted molar refractivity (Wildman–Crippen MR) is 83.7 cm³/mol. The van der Waals surface area contributed by atoms with Crippen LogP contribution in [0.2, 0.25) is 0 Å². The summed E-state index contributed by atoms with van der Waals surface area (Å²) in [5.41, 5.74) is 9.20. The molecule has 3 nitrogen and oxygen atoms in total. The van der Waals surface area contributed by atoms with Crippen LogP contribution in [0.5, 0.6) is 0 Å².